The van der Waals surface area contributed by atoms with Crippen molar-refractivity contribution in [3.8, 4) is 5.75 Å². The minimum atomic E-state index is 0.0713. The third-order valence-electron chi connectivity index (χ3n) is 3.47. The molecule has 0 radical (unpaired) electrons. The zero-order valence-corrected chi connectivity index (χ0v) is 17.0. The number of para-hydroxylation sites is 1. The van der Waals surface area contributed by atoms with Crippen molar-refractivity contribution in [3.63, 3.8) is 0 Å². The molecule has 0 aliphatic rings. The van der Waals surface area contributed by atoms with Crippen molar-refractivity contribution in [3.05, 3.63) is 82.3 Å². The second-order valence-corrected chi connectivity index (χ2v) is 7.11. The topological polar surface area (TPSA) is 32.3 Å². The van der Waals surface area contributed by atoms with Gasteiger partial charge in [0.25, 0.3) is 0 Å². The van der Waals surface area contributed by atoms with E-state index in [1.54, 1.807) is 30.0 Å². The average Bonchev–Trinajstić information content (AvgIpc) is 2.67. The average molecular weight is 406 g/mol. The molecule has 0 amide bonds. The van der Waals surface area contributed by atoms with Crippen molar-refractivity contribution in [1.82, 2.24) is 0 Å². The van der Waals surface area contributed by atoms with E-state index in [0.717, 1.165) is 20.4 Å². The van der Waals surface area contributed by atoms with E-state index >= 15 is 0 Å². The van der Waals surface area contributed by atoms with Crippen molar-refractivity contribution in [2.24, 2.45) is 0 Å². The molecule has 0 spiro atoms. The van der Waals surface area contributed by atoms with Gasteiger partial charge in [-0.1, -0.05) is 73.1 Å². The minimum Gasteiger partial charge on any atom is -0.504 e. The quantitative estimate of drug-likeness (QED) is 0.431. The third-order valence-corrected chi connectivity index (χ3v) is 5.15. The summed E-state index contributed by atoms with van der Waals surface area (Å²) in [5.74, 6) is 0.0713. The van der Waals surface area contributed by atoms with Gasteiger partial charge < -0.3 is 10.4 Å². The molecule has 2 nitrogen and oxygen atoms in total. The Morgan fingerprint density at radius 2 is 1.58 bits per heavy atom. The van der Waals surface area contributed by atoms with Crippen LogP contribution < -0.4 is 5.32 Å². The molecule has 26 heavy (non-hydrogen) atoms. The molecular weight excluding hydrogens is 385 g/mol. The minimum absolute atomic E-state index is 0.0713. The van der Waals surface area contributed by atoms with E-state index in [1.165, 1.54) is 0 Å². The zero-order valence-electron chi connectivity index (χ0n) is 14.7. The van der Waals surface area contributed by atoms with Gasteiger partial charge in [0.2, 0.25) is 0 Å². The van der Waals surface area contributed by atoms with E-state index in [2.05, 4.69) is 17.4 Å². The predicted octanol–water partition coefficient (Wildman–Crippen LogP) is 7.49. The lowest BCUT2D eigenvalue weighted by Gasteiger charge is -2.12. The lowest BCUT2D eigenvalue weighted by Crippen LogP contribution is -2.01. The summed E-state index contributed by atoms with van der Waals surface area (Å²) < 4.78 is 0. The number of aromatic hydroxyl groups is 1. The molecule has 0 bridgehead atoms. The fourth-order valence-corrected chi connectivity index (χ4v) is 3.47. The number of nitrogens with one attached hydrogen (secondary N) is 1. The van der Waals surface area contributed by atoms with Crippen LogP contribution in [0.2, 0.25) is 10.0 Å². The molecule has 0 unspecified atom stereocenters. The Morgan fingerprint density at radius 1 is 0.885 bits per heavy atom. The number of halogens is 2. The summed E-state index contributed by atoms with van der Waals surface area (Å²) in [5.41, 5.74) is 1.76. The third kappa shape index (κ3) is 5.60. The number of phenols is 1. The SMILES string of the molecule is CC.Oc1c(Cl)cccc1NCc1ccccc1Sc1ccc(Cl)cc1. The second-order valence-electron chi connectivity index (χ2n) is 5.15. The summed E-state index contributed by atoms with van der Waals surface area (Å²) in [6, 6.07) is 21.2. The van der Waals surface area contributed by atoms with E-state index in [4.69, 9.17) is 23.2 Å². The molecule has 0 heterocycles. The molecule has 2 N–H and O–H groups in total. The largest absolute Gasteiger partial charge is 0.504 e. The number of hydrogen-bond donors (Lipinski definition) is 2. The van der Waals surface area contributed by atoms with Gasteiger partial charge in [0.15, 0.2) is 5.75 Å². The molecule has 3 aromatic carbocycles. The van der Waals surface area contributed by atoms with E-state index < -0.39 is 0 Å². The standard InChI is InChI=1S/C19H15Cl2NOS.C2H6/c20-14-8-10-15(11-9-14)24-18-7-2-1-4-13(18)12-22-17-6-3-5-16(21)19(17)23;1-2/h1-11,22-23H,12H2;1-2H3. The Kier molecular flexibility index (Phi) is 8.17. The summed E-state index contributed by atoms with van der Waals surface area (Å²) in [6.45, 7) is 4.59. The van der Waals surface area contributed by atoms with Crippen LogP contribution in [0, 0.1) is 0 Å². The lowest BCUT2D eigenvalue weighted by molar-refractivity contribution is 0.477. The smallest absolute Gasteiger partial charge is 0.157 e. The molecule has 3 rings (SSSR count). The van der Waals surface area contributed by atoms with E-state index in [-0.39, 0.29) is 5.75 Å². The monoisotopic (exact) mass is 405 g/mol. The predicted molar refractivity (Wildman–Crippen MR) is 114 cm³/mol. The molecule has 0 fully saturated rings. The van der Waals surface area contributed by atoms with Crippen LogP contribution in [0.1, 0.15) is 19.4 Å². The van der Waals surface area contributed by atoms with Crippen LogP contribution in [0.15, 0.2) is 76.5 Å². The normalized spacial score (nSPS) is 10.0. The van der Waals surface area contributed by atoms with Gasteiger partial charge in [0.1, 0.15) is 0 Å². The summed E-state index contributed by atoms with van der Waals surface area (Å²) in [6.07, 6.45) is 0. The highest BCUT2D eigenvalue weighted by Crippen LogP contribution is 2.34. The first-order valence-electron chi connectivity index (χ1n) is 8.36. The summed E-state index contributed by atoms with van der Waals surface area (Å²) in [7, 11) is 0. The Morgan fingerprint density at radius 3 is 2.31 bits per heavy atom. The Bertz CT molecular complexity index is 838. The summed E-state index contributed by atoms with van der Waals surface area (Å²) in [5, 5.41) is 14.3. The first kappa shape index (κ1) is 20.5. The van der Waals surface area contributed by atoms with Crippen LogP contribution in [0.5, 0.6) is 5.75 Å². The van der Waals surface area contributed by atoms with Crippen LogP contribution >= 0.6 is 35.0 Å². The number of phenolic OH excluding ortho intramolecular Hbond substituents is 1. The molecule has 136 valence electrons. The van der Waals surface area contributed by atoms with Gasteiger partial charge in [-0.05, 0) is 48.0 Å². The van der Waals surface area contributed by atoms with Crippen molar-refractivity contribution in [2.75, 3.05) is 5.32 Å². The molecular formula is C21H21Cl2NOS. The first-order valence-corrected chi connectivity index (χ1v) is 9.93. The number of anilines is 1. The van der Waals surface area contributed by atoms with Crippen LogP contribution in [-0.2, 0) is 6.54 Å². The van der Waals surface area contributed by atoms with Gasteiger partial charge in [-0.25, -0.2) is 0 Å². The highest BCUT2D eigenvalue weighted by atomic mass is 35.5. The Hall–Kier alpha value is -1.81. The van der Waals surface area contributed by atoms with Crippen LogP contribution in [-0.4, -0.2) is 5.11 Å². The van der Waals surface area contributed by atoms with Gasteiger partial charge >= 0.3 is 0 Å². The highest BCUT2D eigenvalue weighted by Gasteiger charge is 2.07. The maximum absolute atomic E-state index is 9.99. The fourth-order valence-electron chi connectivity index (χ4n) is 2.23. The van der Waals surface area contributed by atoms with Gasteiger partial charge in [-0.3, -0.25) is 0 Å². The summed E-state index contributed by atoms with van der Waals surface area (Å²) in [4.78, 5) is 2.27. The molecule has 0 aliphatic carbocycles. The van der Waals surface area contributed by atoms with Crippen molar-refractivity contribution in [2.45, 2.75) is 30.2 Å². The fraction of sp³-hybridized carbons (Fsp3) is 0.143. The van der Waals surface area contributed by atoms with Crippen molar-refractivity contribution in [1.29, 1.82) is 0 Å². The molecule has 0 atom stereocenters. The lowest BCUT2D eigenvalue weighted by atomic mass is 10.2. The van der Waals surface area contributed by atoms with Crippen LogP contribution in [0.4, 0.5) is 5.69 Å². The zero-order chi connectivity index (χ0) is 18.9. The van der Waals surface area contributed by atoms with Crippen molar-refractivity contribution < 1.29 is 5.11 Å². The number of hydrogen-bond acceptors (Lipinski definition) is 3. The van der Waals surface area contributed by atoms with Gasteiger partial charge in [-0.2, -0.15) is 0 Å². The maximum Gasteiger partial charge on any atom is 0.157 e. The molecule has 0 saturated heterocycles. The van der Waals surface area contributed by atoms with Crippen LogP contribution in [0.3, 0.4) is 0 Å². The number of benzene rings is 3. The van der Waals surface area contributed by atoms with E-state index in [1.807, 2.05) is 50.2 Å². The molecule has 3 aromatic rings. The molecule has 5 heteroatoms. The van der Waals surface area contributed by atoms with E-state index in [0.29, 0.717) is 17.3 Å². The Labute approximate surface area is 169 Å². The van der Waals surface area contributed by atoms with E-state index in [9.17, 15) is 5.11 Å². The molecule has 0 aliphatic heterocycles. The van der Waals surface area contributed by atoms with Gasteiger partial charge in [0.05, 0.1) is 10.7 Å². The molecule has 0 aromatic heterocycles. The Balaban J connectivity index is 0.00000117. The maximum atomic E-state index is 9.99. The van der Waals surface area contributed by atoms with Crippen molar-refractivity contribution >= 4 is 40.7 Å². The summed E-state index contributed by atoms with van der Waals surface area (Å²) >= 11 is 13.6. The molecule has 0 saturated carbocycles. The van der Waals surface area contributed by atoms with Gasteiger partial charge in [0, 0.05) is 21.4 Å². The first-order chi connectivity index (χ1) is 12.6. The second kappa shape index (κ2) is 10.4. The van der Waals surface area contributed by atoms with Crippen LogP contribution in [0.25, 0.3) is 0 Å². The van der Waals surface area contributed by atoms with Gasteiger partial charge in [-0.15, -0.1) is 0 Å². The highest BCUT2D eigenvalue weighted by molar-refractivity contribution is 7.99. The number of rotatable bonds is 5.